The Balaban J connectivity index is 2.25. The molecule has 144 valence electrons. The Labute approximate surface area is 155 Å². The molecule has 2 rings (SSSR count). The number of ether oxygens (including phenoxy) is 2. The number of rotatable bonds is 11. The molecule has 0 amide bonds. The van der Waals surface area contributed by atoms with E-state index in [1.807, 2.05) is 18.3 Å². The van der Waals surface area contributed by atoms with Gasteiger partial charge in [-0.15, -0.1) is 0 Å². The summed E-state index contributed by atoms with van der Waals surface area (Å²) < 4.78 is 24.7. The quantitative estimate of drug-likeness (QED) is 0.603. The third-order valence-corrected chi connectivity index (χ3v) is 4.28. The topological polar surface area (TPSA) is 50.4 Å². The van der Waals surface area contributed by atoms with Gasteiger partial charge in [0.25, 0.3) is 0 Å². The zero-order valence-corrected chi connectivity index (χ0v) is 16.2. The monoisotopic (exact) mass is 363 g/mol. The Hall–Kier alpha value is -1.92. The number of nitrogens with zero attached hydrogens (tertiary/aromatic N) is 2. The number of hydrogen-bond acceptors (Lipinski definition) is 4. The first-order valence-corrected chi connectivity index (χ1v) is 9.17. The van der Waals surface area contributed by atoms with Crippen molar-refractivity contribution in [3.8, 4) is 17.0 Å². The van der Waals surface area contributed by atoms with Crippen LogP contribution in [0.15, 0.2) is 24.4 Å². The van der Waals surface area contributed by atoms with Gasteiger partial charge in [-0.25, -0.2) is 4.39 Å². The van der Waals surface area contributed by atoms with Gasteiger partial charge in [0.05, 0.1) is 18.5 Å². The van der Waals surface area contributed by atoms with Crippen LogP contribution in [0.25, 0.3) is 11.3 Å². The minimum Gasteiger partial charge on any atom is -0.491 e. The van der Waals surface area contributed by atoms with Gasteiger partial charge in [-0.2, -0.15) is 5.10 Å². The van der Waals surface area contributed by atoms with Gasteiger partial charge in [-0.1, -0.05) is 13.3 Å². The van der Waals surface area contributed by atoms with Crippen LogP contribution < -0.4 is 4.74 Å². The van der Waals surface area contributed by atoms with Crippen molar-refractivity contribution < 1.29 is 13.9 Å². The number of H-pyrrole nitrogens is 1. The number of alkyl halides is 1. The lowest BCUT2D eigenvalue weighted by Gasteiger charge is -2.17. The first kappa shape index (κ1) is 20.4. The van der Waals surface area contributed by atoms with Crippen LogP contribution in [0.5, 0.6) is 5.75 Å². The number of nitrogens with one attached hydrogen (secondary N) is 1. The highest BCUT2D eigenvalue weighted by molar-refractivity contribution is 5.65. The average Bonchev–Trinajstić information content (AvgIpc) is 3.08. The summed E-state index contributed by atoms with van der Waals surface area (Å²) in [5, 5.41) is 7.27. The van der Waals surface area contributed by atoms with Crippen molar-refractivity contribution in [2.45, 2.75) is 39.4 Å². The number of hydrogen-bond donors (Lipinski definition) is 1. The fourth-order valence-electron chi connectivity index (χ4n) is 2.80. The van der Waals surface area contributed by atoms with E-state index in [9.17, 15) is 4.39 Å². The molecule has 1 unspecified atom stereocenters. The second-order valence-corrected chi connectivity index (χ2v) is 6.61. The first-order chi connectivity index (χ1) is 12.5. The highest BCUT2D eigenvalue weighted by Crippen LogP contribution is 2.31. The van der Waals surface area contributed by atoms with Gasteiger partial charge in [-0.05, 0) is 50.7 Å². The maximum absolute atomic E-state index is 14.0. The highest BCUT2D eigenvalue weighted by Gasteiger charge is 2.14. The van der Waals surface area contributed by atoms with Crippen LogP contribution in [0.3, 0.4) is 0 Å². The zero-order chi connectivity index (χ0) is 18.9. The predicted molar refractivity (Wildman–Crippen MR) is 102 cm³/mol. The van der Waals surface area contributed by atoms with Crippen molar-refractivity contribution in [1.82, 2.24) is 15.1 Å². The summed E-state index contributed by atoms with van der Waals surface area (Å²) in [6.45, 7) is 6.46. The largest absolute Gasteiger partial charge is 0.491 e. The Morgan fingerprint density at radius 1 is 1.27 bits per heavy atom. The molecule has 26 heavy (non-hydrogen) atoms. The molecular formula is C20H30FN3O2. The average molecular weight is 363 g/mol. The van der Waals surface area contributed by atoms with Crippen molar-refractivity contribution in [2.75, 3.05) is 33.9 Å². The van der Waals surface area contributed by atoms with Gasteiger partial charge in [0.15, 0.2) is 0 Å². The number of halogens is 1. The zero-order valence-electron chi connectivity index (χ0n) is 16.2. The van der Waals surface area contributed by atoms with E-state index in [4.69, 9.17) is 9.47 Å². The number of aromatic nitrogens is 2. The number of aromatic amines is 1. The number of unbranched alkanes of at least 4 members (excludes halogenated alkanes) is 1. The van der Waals surface area contributed by atoms with E-state index < -0.39 is 6.17 Å². The molecular weight excluding hydrogens is 333 g/mol. The molecule has 1 N–H and O–H groups in total. The molecule has 0 spiro atoms. The SMILES string of the molecule is CCCCN(C)Cc1cn[nH]c1-c1cc(OCCOC)cc(C(C)F)c1. The Morgan fingerprint density at radius 3 is 2.77 bits per heavy atom. The van der Waals surface area contributed by atoms with Gasteiger partial charge < -0.3 is 14.4 Å². The summed E-state index contributed by atoms with van der Waals surface area (Å²) in [4.78, 5) is 2.27. The van der Waals surface area contributed by atoms with Crippen LogP contribution in [0.1, 0.15) is 44.0 Å². The predicted octanol–water partition coefficient (Wildman–Crippen LogP) is 4.36. The second kappa shape index (κ2) is 10.3. The van der Waals surface area contributed by atoms with Crippen molar-refractivity contribution in [3.63, 3.8) is 0 Å². The summed E-state index contributed by atoms with van der Waals surface area (Å²) in [6, 6.07) is 5.52. The number of methoxy groups -OCH3 is 1. The Morgan fingerprint density at radius 2 is 2.08 bits per heavy atom. The first-order valence-electron chi connectivity index (χ1n) is 9.17. The molecule has 0 saturated heterocycles. The van der Waals surface area contributed by atoms with Crippen LogP contribution in [0.4, 0.5) is 4.39 Å². The summed E-state index contributed by atoms with van der Waals surface area (Å²) in [6.07, 6.45) is 3.10. The molecule has 5 nitrogen and oxygen atoms in total. The van der Waals surface area contributed by atoms with Crippen molar-refractivity contribution in [3.05, 3.63) is 35.5 Å². The normalized spacial score (nSPS) is 12.5. The van der Waals surface area contributed by atoms with Gasteiger partial charge in [0, 0.05) is 24.8 Å². The van der Waals surface area contributed by atoms with Crippen LogP contribution in [0.2, 0.25) is 0 Å². The molecule has 0 aliphatic carbocycles. The summed E-state index contributed by atoms with van der Waals surface area (Å²) >= 11 is 0. The molecule has 1 atom stereocenters. The van der Waals surface area contributed by atoms with Crippen LogP contribution in [-0.2, 0) is 11.3 Å². The van der Waals surface area contributed by atoms with Gasteiger partial charge >= 0.3 is 0 Å². The summed E-state index contributed by atoms with van der Waals surface area (Å²) in [7, 11) is 3.73. The molecule has 0 aliphatic heterocycles. The van der Waals surface area contributed by atoms with Crippen LogP contribution >= 0.6 is 0 Å². The van der Waals surface area contributed by atoms with E-state index in [2.05, 4.69) is 29.1 Å². The third-order valence-electron chi connectivity index (χ3n) is 4.28. The molecule has 0 bridgehead atoms. The third kappa shape index (κ3) is 5.81. The Kier molecular flexibility index (Phi) is 8.06. The van der Waals surface area contributed by atoms with Gasteiger partial charge in [-0.3, -0.25) is 5.10 Å². The minimum absolute atomic E-state index is 0.426. The van der Waals surface area contributed by atoms with E-state index in [0.717, 1.165) is 36.3 Å². The molecule has 6 heteroatoms. The van der Waals surface area contributed by atoms with Crippen LogP contribution in [-0.4, -0.2) is 49.0 Å². The standard InChI is InChI=1S/C20H30FN3O2/c1-5-6-7-24(3)14-18-13-22-23-20(18)17-10-16(15(2)21)11-19(12-17)26-9-8-25-4/h10-13,15H,5-9,14H2,1-4H3,(H,22,23). The maximum Gasteiger partial charge on any atom is 0.122 e. The van der Waals surface area contributed by atoms with Gasteiger partial charge in [0.2, 0.25) is 0 Å². The molecule has 0 radical (unpaired) electrons. The fourth-order valence-corrected chi connectivity index (χ4v) is 2.80. The van der Waals surface area contributed by atoms with E-state index >= 15 is 0 Å². The lowest BCUT2D eigenvalue weighted by atomic mass is 10.0. The lowest BCUT2D eigenvalue weighted by molar-refractivity contribution is 0.146. The van der Waals surface area contributed by atoms with E-state index in [1.165, 1.54) is 13.3 Å². The fraction of sp³-hybridized carbons (Fsp3) is 0.550. The van der Waals surface area contributed by atoms with E-state index in [-0.39, 0.29) is 0 Å². The van der Waals surface area contributed by atoms with Gasteiger partial charge in [0.1, 0.15) is 18.5 Å². The van der Waals surface area contributed by atoms with Crippen molar-refractivity contribution >= 4 is 0 Å². The second-order valence-electron chi connectivity index (χ2n) is 6.61. The summed E-state index contributed by atoms with van der Waals surface area (Å²) in [5.41, 5.74) is 3.48. The Bertz CT molecular complexity index is 673. The molecule has 1 aromatic heterocycles. The highest BCUT2D eigenvalue weighted by atomic mass is 19.1. The maximum atomic E-state index is 14.0. The molecule has 0 saturated carbocycles. The van der Waals surface area contributed by atoms with E-state index in [0.29, 0.717) is 24.5 Å². The van der Waals surface area contributed by atoms with Crippen LogP contribution in [0, 0.1) is 0 Å². The molecule has 1 aromatic carbocycles. The molecule has 2 aromatic rings. The lowest BCUT2D eigenvalue weighted by Crippen LogP contribution is -2.19. The molecule has 1 heterocycles. The number of benzene rings is 1. The summed E-state index contributed by atoms with van der Waals surface area (Å²) in [5.74, 6) is 0.638. The van der Waals surface area contributed by atoms with E-state index in [1.54, 1.807) is 13.2 Å². The van der Waals surface area contributed by atoms with Crippen molar-refractivity contribution in [2.24, 2.45) is 0 Å². The smallest absolute Gasteiger partial charge is 0.122 e. The minimum atomic E-state index is -1.07. The molecule has 0 aliphatic rings. The molecule has 0 fully saturated rings. The van der Waals surface area contributed by atoms with Crippen molar-refractivity contribution in [1.29, 1.82) is 0 Å².